The fourth-order valence-corrected chi connectivity index (χ4v) is 5.74. The third-order valence-corrected chi connectivity index (χ3v) is 6.63. The van der Waals surface area contributed by atoms with Gasteiger partial charge in [0.1, 0.15) is 0 Å². The van der Waals surface area contributed by atoms with E-state index in [4.69, 9.17) is 9.47 Å². The lowest BCUT2D eigenvalue weighted by Crippen LogP contribution is -2.51. The van der Waals surface area contributed by atoms with Crippen LogP contribution in [0, 0.1) is 23.7 Å². The van der Waals surface area contributed by atoms with Crippen LogP contribution in [0.4, 0.5) is 4.79 Å². The van der Waals surface area contributed by atoms with E-state index in [2.05, 4.69) is 6.92 Å². The highest BCUT2D eigenvalue weighted by atomic mass is 16.7. The van der Waals surface area contributed by atoms with Gasteiger partial charge in [-0.2, -0.15) is 0 Å². The molecule has 4 heteroatoms. The van der Waals surface area contributed by atoms with Crippen LogP contribution >= 0.6 is 0 Å². The zero-order chi connectivity index (χ0) is 15.8. The Kier molecular flexibility index (Phi) is 4.53. The third kappa shape index (κ3) is 3.24. The molecule has 1 atom stereocenters. The van der Waals surface area contributed by atoms with E-state index < -0.39 is 0 Å². The zero-order valence-electron chi connectivity index (χ0n) is 14.4. The van der Waals surface area contributed by atoms with Crippen LogP contribution in [0.2, 0.25) is 0 Å². The minimum atomic E-state index is -0.355. The maximum absolute atomic E-state index is 12.3. The van der Waals surface area contributed by atoms with Crippen molar-refractivity contribution >= 4 is 6.09 Å². The number of carbonyl (C=O) groups excluding carboxylic acids is 1. The normalized spacial score (nSPS) is 40.2. The van der Waals surface area contributed by atoms with Gasteiger partial charge in [0, 0.05) is 19.5 Å². The molecule has 0 aromatic rings. The maximum Gasteiger partial charge on any atom is 0.412 e. The molecule has 130 valence electrons. The van der Waals surface area contributed by atoms with Crippen molar-refractivity contribution in [1.82, 2.24) is 4.90 Å². The fraction of sp³-hybridized carbons (Fsp3) is 0.947. The molecule has 4 bridgehead atoms. The monoisotopic (exact) mass is 321 g/mol. The summed E-state index contributed by atoms with van der Waals surface area (Å²) in [7, 11) is 0. The Labute approximate surface area is 139 Å². The van der Waals surface area contributed by atoms with Crippen molar-refractivity contribution in [3.8, 4) is 0 Å². The summed E-state index contributed by atoms with van der Waals surface area (Å²) < 4.78 is 12.1. The Morgan fingerprint density at radius 1 is 1.00 bits per heavy atom. The second-order valence-corrected chi connectivity index (χ2v) is 8.30. The number of hydrogen-bond acceptors (Lipinski definition) is 3. The van der Waals surface area contributed by atoms with Crippen molar-refractivity contribution in [3.05, 3.63) is 0 Å². The van der Waals surface area contributed by atoms with E-state index >= 15 is 0 Å². The number of piperidine rings is 1. The lowest BCUT2D eigenvalue weighted by molar-refractivity contribution is -0.210. The number of likely N-dealkylation sites (tertiary alicyclic amines) is 1. The van der Waals surface area contributed by atoms with Gasteiger partial charge in [0.2, 0.25) is 6.29 Å². The predicted octanol–water partition coefficient (Wildman–Crippen LogP) is 4.19. The molecule has 0 radical (unpaired) electrons. The topological polar surface area (TPSA) is 38.8 Å². The first-order valence-corrected chi connectivity index (χ1v) is 9.84. The van der Waals surface area contributed by atoms with Crippen molar-refractivity contribution in [2.45, 2.75) is 77.1 Å². The van der Waals surface area contributed by atoms with Crippen LogP contribution in [0.15, 0.2) is 0 Å². The highest BCUT2D eigenvalue weighted by Crippen LogP contribution is 2.54. The summed E-state index contributed by atoms with van der Waals surface area (Å²) in [5.41, 5.74) is 0. The van der Waals surface area contributed by atoms with Gasteiger partial charge in [-0.05, 0) is 75.0 Å². The molecule has 0 aromatic carbocycles. The van der Waals surface area contributed by atoms with Crippen LogP contribution in [0.5, 0.6) is 0 Å². The second kappa shape index (κ2) is 6.62. The van der Waals surface area contributed by atoms with Crippen LogP contribution < -0.4 is 0 Å². The highest BCUT2D eigenvalue weighted by Gasteiger charge is 2.49. The third-order valence-electron chi connectivity index (χ3n) is 6.63. The lowest BCUT2D eigenvalue weighted by atomic mass is 9.55. The number of nitrogens with zero attached hydrogens (tertiary/aromatic N) is 1. The van der Waals surface area contributed by atoms with Gasteiger partial charge in [0.05, 0.1) is 6.10 Å². The molecular weight excluding hydrogens is 290 g/mol. The minimum absolute atomic E-state index is 0.166. The van der Waals surface area contributed by atoms with Crippen LogP contribution in [0.3, 0.4) is 0 Å². The van der Waals surface area contributed by atoms with Crippen LogP contribution in [0.25, 0.3) is 0 Å². The Morgan fingerprint density at radius 3 is 2.17 bits per heavy atom. The smallest absolute Gasteiger partial charge is 0.412 e. The standard InChI is InChI=1S/C19H31NO3/c1-2-17(23-19(21)20-6-4-3-5-7-20)22-18-15-9-13-8-14(11-15)12-16(18)10-13/h13-18H,2-12H2,1H3. The van der Waals surface area contributed by atoms with E-state index in [1.165, 1.54) is 38.5 Å². The molecule has 0 aromatic heterocycles. The average molecular weight is 321 g/mol. The Hall–Kier alpha value is -0.770. The van der Waals surface area contributed by atoms with Gasteiger partial charge in [-0.15, -0.1) is 0 Å². The highest BCUT2D eigenvalue weighted by molar-refractivity contribution is 5.67. The van der Waals surface area contributed by atoms with Gasteiger partial charge in [0.15, 0.2) is 0 Å². The van der Waals surface area contributed by atoms with Crippen molar-refractivity contribution in [1.29, 1.82) is 0 Å². The van der Waals surface area contributed by atoms with Crippen LogP contribution in [-0.4, -0.2) is 36.5 Å². The van der Waals surface area contributed by atoms with E-state index in [1.807, 2.05) is 4.90 Å². The summed E-state index contributed by atoms with van der Waals surface area (Å²) in [6.07, 6.45) is 10.8. The first-order valence-electron chi connectivity index (χ1n) is 9.84. The van der Waals surface area contributed by atoms with E-state index in [9.17, 15) is 4.79 Å². The summed E-state index contributed by atoms with van der Waals surface area (Å²) in [5, 5.41) is 0. The number of ether oxygens (including phenoxy) is 2. The molecular formula is C19H31NO3. The molecule has 23 heavy (non-hydrogen) atoms. The quantitative estimate of drug-likeness (QED) is 0.729. The zero-order valence-corrected chi connectivity index (χ0v) is 14.4. The first kappa shape index (κ1) is 15.7. The fourth-order valence-electron chi connectivity index (χ4n) is 5.74. The molecule has 1 aliphatic heterocycles. The van der Waals surface area contributed by atoms with E-state index in [1.54, 1.807) is 0 Å². The molecule has 1 saturated heterocycles. The molecule has 4 aliphatic carbocycles. The van der Waals surface area contributed by atoms with Gasteiger partial charge < -0.3 is 14.4 Å². The molecule has 5 fully saturated rings. The largest absolute Gasteiger partial charge is 0.419 e. The van der Waals surface area contributed by atoms with Crippen molar-refractivity contribution in [2.24, 2.45) is 23.7 Å². The number of carbonyl (C=O) groups is 1. The molecule has 1 amide bonds. The van der Waals surface area contributed by atoms with Gasteiger partial charge in [-0.3, -0.25) is 0 Å². The molecule has 4 saturated carbocycles. The van der Waals surface area contributed by atoms with Gasteiger partial charge in [-0.25, -0.2) is 4.79 Å². The number of hydrogen-bond donors (Lipinski definition) is 0. The number of amides is 1. The first-order chi connectivity index (χ1) is 11.2. The molecule has 4 nitrogen and oxygen atoms in total. The molecule has 5 rings (SSSR count). The summed E-state index contributed by atoms with van der Waals surface area (Å²) >= 11 is 0. The predicted molar refractivity (Wildman–Crippen MR) is 87.9 cm³/mol. The van der Waals surface area contributed by atoms with E-state index in [-0.39, 0.29) is 12.4 Å². The van der Waals surface area contributed by atoms with E-state index in [0.29, 0.717) is 17.9 Å². The SMILES string of the molecule is CCC(OC(=O)N1CCCCC1)OC1C2CC3CC(C2)CC1C3. The minimum Gasteiger partial charge on any atom is -0.419 e. The Morgan fingerprint density at radius 2 is 1.61 bits per heavy atom. The molecule has 0 spiro atoms. The van der Waals surface area contributed by atoms with Crippen molar-refractivity contribution in [2.75, 3.05) is 13.1 Å². The second-order valence-electron chi connectivity index (χ2n) is 8.30. The Bertz CT molecular complexity index is 404. The molecule has 1 unspecified atom stereocenters. The Balaban J connectivity index is 1.34. The number of rotatable bonds is 4. The molecule has 0 N–H and O–H groups in total. The summed E-state index contributed by atoms with van der Waals surface area (Å²) in [6, 6.07) is 0. The maximum atomic E-state index is 12.3. The average Bonchev–Trinajstić information content (AvgIpc) is 2.57. The summed E-state index contributed by atoms with van der Waals surface area (Å²) in [5.74, 6) is 3.34. The molecule has 1 heterocycles. The van der Waals surface area contributed by atoms with Gasteiger partial charge in [-0.1, -0.05) is 6.92 Å². The van der Waals surface area contributed by atoms with Gasteiger partial charge >= 0.3 is 6.09 Å². The van der Waals surface area contributed by atoms with Crippen LogP contribution in [0.1, 0.15) is 64.7 Å². The van der Waals surface area contributed by atoms with Crippen molar-refractivity contribution < 1.29 is 14.3 Å². The van der Waals surface area contributed by atoms with Crippen molar-refractivity contribution in [3.63, 3.8) is 0 Å². The van der Waals surface area contributed by atoms with Gasteiger partial charge in [0.25, 0.3) is 0 Å². The van der Waals surface area contributed by atoms with E-state index in [0.717, 1.165) is 44.2 Å². The summed E-state index contributed by atoms with van der Waals surface area (Å²) in [4.78, 5) is 14.2. The molecule has 5 aliphatic rings. The summed E-state index contributed by atoms with van der Waals surface area (Å²) in [6.45, 7) is 3.74. The van der Waals surface area contributed by atoms with Crippen LogP contribution in [-0.2, 0) is 9.47 Å². The lowest BCUT2D eigenvalue weighted by Gasteiger charge is -2.54.